The average Bonchev–Trinajstić information content (AvgIpc) is 2.79. The minimum Gasteiger partial charge on any atom is -0.495 e. The number of pyridine rings is 1. The number of sulfonamides is 1. The Morgan fingerprint density at radius 3 is 2.73 bits per heavy atom. The van der Waals surface area contributed by atoms with Crippen molar-refractivity contribution in [3.05, 3.63) is 41.0 Å². The minimum absolute atomic E-state index is 0.0219. The van der Waals surface area contributed by atoms with E-state index in [-0.39, 0.29) is 46.1 Å². The average molecular weight is 498 g/mol. The Balaban J connectivity index is 1.96. The van der Waals surface area contributed by atoms with Gasteiger partial charge < -0.3 is 19.5 Å². The lowest BCUT2D eigenvalue weighted by Gasteiger charge is -2.33. The SMILES string of the molecule is CCOC(=O)C1CCCN(c2ncc(C(=O)O)cc2NS(=O)(=O)c2ccc(OC)c(Cl)c2)C1. The number of nitrogens with one attached hydrogen (secondary N) is 1. The van der Waals surface area contributed by atoms with E-state index in [0.717, 1.165) is 6.20 Å². The van der Waals surface area contributed by atoms with Gasteiger partial charge in [-0.15, -0.1) is 0 Å². The second kappa shape index (κ2) is 10.3. The van der Waals surface area contributed by atoms with Crippen LogP contribution < -0.4 is 14.4 Å². The second-order valence-electron chi connectivity index (χ2n) is 7.34. The molecule has 2 heterocycles. The van der Waals surface area contributed by atoms with Crippen LogP contribution in [-0.4, -0.2) is 57.3 Å². The van der Waals surface area contributed by atoms with Crippen molar-refractivity contribution in [3.63, 3.8) is 0 Å². The van der Waals surface area contributed by atoms with Crippen molar-refractivity contribution < 1.29 is 32.6 Å². The van der Waals surface area contributed by atoms with E-state index in [0.29, 0.717) is 25.1 Å². The molecule has 1 aromatic heterocycles. The van der Waals surface area contributed by atoms with Gasteiger partial charge in [0.1, 0.15) is 5.75 Å². The zero-order valence-corrected chi connectivity index (χ0v) is 19.6. The molecule has 0 amide bonds. The van der Waals surface area contributed by atoms with Crippen LogP contribution in [0.3, 0.4) is 0 Å². The Labute approximate surface area is 196 Å². The third-order valence-electron chi connectivity index (χ3n) is 5.13. The van der Waals surface area contributed by atoms with Gasteiger partial charge in [-0.05, 0) is 44.0 Å². The van der Waals surface area contributed by atoms with Gasteiger partial charge in [-0.25, -0.2) is 18.2 Å². The fourth-order valence-corrected chi connectivity index (χ4v) is 4.94. The first-order valence-electron chi connectivity index (χ1n) is 10.2. The molecule has 0 aliphatic carbocycles. The predicted molar refractivity (Wildman–Crippen MR) is 122 cm³/mol. The quantitative estimate of drug-likeness (QED) is 0.527. The van der Waals surface area contributed by atoms with Gasteiger partial charge in [0.25, 0.3) is 10.0 Å². The molecule has 3 rings (SSSR count). The number of aromatic carboxylic acids is 1. The van der Waals surface area contributed by atoms with Gasteiger partial charge in [0.05, 0.1) is 40.8 Å². The monoisotopic (exact) mass is 497 g/mol. The molecule has 0 radical (unpaired) electrons. The molecule has 33 heavy (non-hydrogen) atoms. The summed E-state index contributed by atoms with van der Waals surface area (Å²) in [6, 6.07) is 5.16. The Bertz CT molecular complexity index is 1160. The number of halogens is 1. The molecule has 1 atom stereocenters. The molecule has 0 bridgehead atoms. The maximum atomic E-state index is 13.0. The Hall–Kier alpha value is -3.05. The topological polar surface area (TPSA) is 135 Å². The number of rotatable bonds is 8. The maximum absolute atomic E-state index is 13.0. The van der Waals surface area contributed by atoms with Crippen molar-refractivity contribution in [2.24, 2.45) is 5.92 Å². The van der Waals surface area contributed by atoms with Crippen LogP contribution in [-0.2, 0) is 19.6 Å². The highest BCUT2D eigenvalue weighted by molar-refractivity contribution is 7.92. The van der Waals surface area contributed by atoms with E-state index in [1.165, 1.54) is 31.4 Å². The summed E-state index contributed by atoms with van der Waals surface area (Å²) < 4.78 is 38.7. The number of aromatic nitrogens is 1. The van der Waals surface area contributed by atoms with Gasteiger partial charge in [-0.3, -0.25) is 9.52 Å². The van der Waals surface area contributed by atoms with Crippen molar-refractivity contribution in [2.45, 2.75) is 24.7 Å². The number of methoxy groups -OCH3 is 1. The van der Waals surface area contributed by atoms with Crippen molar-refractivity contribution in [1.82, 2.24) is 4.98 Å². The van der Waals surface area contributed by atoms with Gasteiger partial charge in [0.2, 0.25) is 0 Å². The number of esters is 1. The summed E-state index contributed by atoms with van der Waals surface area (Å²) >= 11 is 6.07. The first kappa shape index (κ1) is 24.6. The molecule has 0 spiro atoms. The van der Waals surface area contributed by atoms with Crippen LogP contribution in [0.1, 0.15) is 30.1 Å². The largest absolute Gasteiger partial charge is 0.495 e. The molecule has 2 aromatic rings. The zero-order chi connectivity index (χ0) is 24.2. The molecule has 1 aliphatic heterocycles. The van der Waals surface area contributed by atoms with Crippen LogP contribution in [0.25, 0.3) is 0 Å². The molecule has 178 valence electrons. The number of hydrogen-bond acceptors (Lipinski definition) is 8. The summed E-state index contributed by atoms with van der Waals surface area (Å²) in [5.41, 5.74) is -0.213. The lowest BCUT2D eigenvalue weighted by atomic mass is 9.98. The van der Waals surface area contributed by atoms with E-state index < -0.39 is 21.9 Å². The smallest absolute Gasteiger partial charge is 0.337 e. The molecule has 0 saturated carbocycles. The summed E-state index contributed by atoms with van der Waals surface area (Å²) in [6.07, 6.45) is 2.44. The number of carboxylic acids is 1. The third kappa shape index (κ3) is 5.66. The maximum Gasteiger partial charge on any atom is 0.337 e. The van der Waals surface area contributed by atoms with Crippen molar-refractivity contribution in [2.75, 3.05) is 36.4 Å². The molecule has 1 saturated heterocycles. The normalized spacial score (nSPS) is 16.2. The number of carbonyl (C=O) groups excluding carboxylic acids is 1. The first-order valence-corrected chi connectivity index (χ1v) is 12.0. The van der Waals surface area contributed by atoms with Crippen LogP contribution in [0.5, 0.6) is 5.75 Å². The van der Waals surface area contributed by atoms with E-state index in [4.69, 9.17) is 21.1 Å². The van der Waals surface area contributed by atoms with Crippen molar-refractivity contribution >= 4 is 45.1 Å². The van der Waals surface area contributed by atoms with Crippen LogP contribution in [0, 0.1) is 5.92 Å². The molecular weight excluding hydrogens is 474 g/mol. The van der Waals surface area contributed by atoms with Crippen molar-refractivity contribution in [1.29, 1.82) is 0 Å². The van der Waals surface area contributed by atoms with E-state index >= 15 is 0 Å². The van der Waals surface area contributed by atoms with Gasteiger partial charge in [0.15, 0.2) is 5.82 Å². The molecule has 1 aliphatic rings. The molecule has 1 aromatic carbocycles. The highest BCUT2D eigenvalue weighted by Crippen LogP contribution is 2.32. The number of anilines is 2. The number of piperidine rings is 1. The summed E-state index contributed by atoms with van der Waals surface area (Å²) in [7, 11) is -2.74. The number of benzene rings is 1. The highest BCUT2D eigenvalue weighted by atomic mass is 35.5. The molecule has 1 fully saturated rings. The lowest BCUT2D eigenvalue weighted by molar-refractivity contribution is -0.148. The fourth-order valence-electron chi connectivity index (χ4n) is 3.54. The lowest BCUT2D eigenvalue weighted by Crippen LogP contribution is -2.40. The van der Waals surface area contributed by atoms with E-state index in [1.807, 2.05) is 0 Å². The Morgan fingerprint density at radius 2 is 2.09 bits per heavy atom. The number of ether oxygens (including phenoxy) is 2. The van der Waals surface area contributed by atoms with Gasteiger partial charge in [-0.2, -0.15) is 0 Å². The molecule has 1 unspecified atom stereocenters. The van der Waals surface area contributed by atoms with Crippen molar-refractivity contribution in [3.8, 4) is 5.75 Å². The Morgan fingerprint density at radius 1 is 1.33 bits per heavy atom. The van der Waals surface area contributed by atoms with Crippen LogP contribution in [0.4, 0.5) is 11.5 Å². The summed E-state index contributed by atoms with van der Waals surface area (Å²) in [5.74, 6) is -1.46. The van der Waals surface area contributed by atoms with Crippen LogP contribution in [0.2, 0.25) is 5.02 Å². The fraction of sp³-hybridized carbons (Fsp3) is 0.381. The van der Waals surface area contributed by atoms with E-state index in [1.54, 1.807) is 11.8 Å². The first-order chi connectivity index (χ1) is 15.7. The second-order valence-corrected chi connectivity index (χ2v) is 9.43. The molecule has 10 nitrogen and oxygen atoms in total. The van der Waals surface area contributed by atoms with Gasteiger partial charge in [-0.1, -0.05) is 11.6 Å². The molecule has 2 N–H and O–H groups in total. The van der Waals surface area contributed by atoms with Crippen LogP contribution in [0.15, 0.2) is 35.4 Å². The number of carboxylic acid groups (broad SMARTS) is 1. The number of nitrogens with zero attached hydrogens (tertiary/aromatic N) is 2. The standard InChI is InChI=1S/C21H24ClN3O7S/c1-3-32-21(28)13-5-4-8-25(12-13)19-17(9-14(11-23-19)20(26)27)24-33(29,30)15-6-7-18(31-2)16(22)10-15/h6-7,9-11,13,24H,3-5,8,12H2,1-2H3,(H,26,27). The zero-order valence-electron chi connectivity index (χ0n) is 18.1. The van der Waals surface area contributed by atoms with E-state index in [2.05, 4.69) is 9.71 Å². The van der Waals surface area contributed by atoms with E-state index in [9.17, 15) is 23.1 Å². The Kier molecular flexibility index (Phi) is 7.65. The minimum atomic E-state index is -4.14. The highest BCUT2D eigenvalue weighted by Gasteiger charge is 2.30. The summed E-state index contributed by atoms with van der Waals surface area (Å²) in [6.45, 7) is 2.76. The molecular formula is C21H24ClN3O7S. The van der Waals surface area contributed by atoms with Crippen LogP contribution >= 0.6 is 11.6 Å². The third-order valence-corrected chi connectivity index (χ3v) is 6.79. The number of carbonyl (C=O) groups is 2. The van der Waals surface area contributed by atoms with Gasteiger partial charge >= 0.3 is 11.9 Å². The summed E-state index contributed by atoms with van der Waals surface area (Å²) in [4.78, 5) is 29.5. The predicted octanol–water partition coefficient (Wildman–Crippen LogP) is 3.02. The summed E-state index contributed by atoms with van der Waals surface area (Å²) in [5, 5.41) is 9.47. The molecule has 12 heteroatoms. The van der Waals surface area contributed by atoms with Gasteiger partial charge in [0, 0.05) is 19.3 Å². The number of hydrogen-bond donors (Lipinski definition) is 2.